The van der Waals surface area contributed by atoms with Crippen molar-refractivity contribution >= 4 is 11.3 Å². The molecule has 0 amide bonds. The highest BCUT2D eigenvalue weighted by Gasteiger charge is 2.43. The van der Waals surface area contributed by atoms with E-state index >= 15 is 0 Å². The lowest BCUT2D eigenvalue weighted by molar-refractivity contribution is -0.0975. The molecule has 1 aliphatic carbocycles. The highest BCUT2D eigenvalue weighted by molar-refractivity contribution is 7.10. The van der Waals surface area contributed by atoms with Crippen LogP contribution in [0, 0.1) is 12.8 Å². The Morgan fingerprint density at radius 2 is 2.10 bits per heavy atom. The Balaban J connectivity index is 2.29. The summed E-state index contributed by atoms with van der Waals surface area (Å²) >= 11 is 1.85. The van der Waals surface area contributed by atoms with Crippen LogP contribution in [0.3, 0.4) is 0 Å². The predicted molar refractivity (Wildman–Crippen MR) is 92.1 cm³/mol. The van der Waals surface area contributed by atoms with Crippen LogP contribution in [-0.4, -0.2) is 18.8 Å². The van der Waals surface area contributed by atoms with Crippen LogP contribution in [0.4, 0.5) is 0 Å². The van der Waals surface area contributed by atoms with E-state index in [1.807, 2.05) is 11.3 Å². The smallest absolute Gasteiger partial charge is 0.0876 e. The van der Waals surface area contributed by atoms with Crippen molar-refractivity contribution in [3.63, 3.8) is 0 Å². The normalized spacial score (nSPS) is 27.7. The number of hydrogen-bond donors (Lipinski definition) is 1. The van der Waals surface area contributed by atoms with E-state index in [-0.39, 0.29) is 5.60 Å². The van der Waals surface area contributed by atoms with E-state index in [1.165, 1.54) is 36.1 Å². The van der Waals surface area contributed by atoms with Crippen molar-refractivity contribution in [3.8, 4) is 0 Å². The summed E-state index contributed by atoms with van der Waals surface area (Å²) in [6, 6.07) is 2.64. The molecule has 21 heavy (non-hydrogen) atoms. The Morgan fingerprint density at radius 3 is 2.62 bits per heavy atom. The third kappa shape index (κ3) is 3.88. The van der Waals surface area contributed by atoms with E-state index in [1.54, 1.807) is 0 Å². The van der Waals surface area contributed by atoms with Crippen LogP contribution < -0.4 is 5.32 Å². The number of aryl methyl sites for hydroxylation is 1. The number of ether oxygens (including phenoxy) is 1. The third-order valence-corrected chi connectivity index (χ3v) is 5.75. The largest absolute Gasteiger partial charge is 0.373 e. The molecule has 1 aromatic rings. The van der Waals surface area contributed by atoms with Crippen LogP contribution in [-0.2, 0) is 4.74 Å². The molecule has 0 aliphatic heterocycles. The molecule has 0 bridgehead atoms. The van der Waals surface area contributed by atoms with Gasteiger partial charge in [-0.15, -0.1) is 11.3 Å². The van der Waals surface area contributed by atoms with Crippen molar-refractivity contribution in [3.05, 3.63) is 21.9 Å². The second kappa shape index (κ2) is 7.75. The quantitative estimate of drug-likeness (QED) is 0.758. The molecule has 1 unspecified atom stereocenters. The topological polar surface area (TPSA) is 21.3 Å². The average molecular weight is 310 g/mol. The number of rotatable bonds is 7. The number of thiophene rings is 1. The molecular weight excluding hydrogens is 278 g/mol. The monoisotopic (exact) mass is 309 g/mol. The van der Waals surface area contributed by atoms with Gasteiger partial charge >= 0.3 is 0 Å². The number of hydrogen-bond acceptors (Lipinski definition) is 3. The molecule has 1 fully saturated rings. The zero-order valence-electron chi connectivity index (χ0n) is 14.1. The van der Waals surface area contributed by atoms with Gasteiger partial charge in [0.15, 0.2) is 0 Å². The molecule has 1 atom stereocenters. The van der Waals surface area contributed by atoms with Crippen molar-refractivity contribution in [2.75, 3.05) is 13.2 Å². The molecule has 1 saturated carbocycles. The standard InChI is InChI=1S/C18H31NOS/c1-5-12-19-17(16-9-13-21-15(16)4)18(20-6-2)10-7-14(3)8-11-18/h9,13-14,17,19H,5-8,10-12H2,1-4H3. The van der Waals surface area contributed by atoms with Crippen molar-refractivity contribution in [2.45, 2.75) is 71.4 Å². The molecule has 2 rings (SSSR count). The third-order valence-electron chi connectivity index (χ3n) is 4.89. The van der Waals surface area contributed by atoms with E-state index in [4.69, 9.17) is 4.74 Å². The summed E-state index contributed by atoms with van der Waals surface area (Å²) in [6.45, 7) is 10.9. The van der Waals surface area contributed by atoms with E-state index < -0.39 is 0 Å². The van der Waals surface area contributed by atoms with Crippen LogP contribution in [0.5, 0.6) is 0 Å². The molecule has 0 saturated heterocycles. The summed E-state index contributed by atoms with van der Waals surface area (Å²) in [4.78, 5) is 1.43. The van der Waals surface area contributed by atoms with Gasteiger partial charge < -0.3 is 10.1 Å². The molecule has 0 radical (unpaired) electrons. The van der Waals surface area contributed by atoms with Crippen LogP contribution in [0.15, 0.2) is 11.4 Å². The molecule has 120 valence electrons. The summed E-state index contributed by atoms with van der Waals surface area (Å²) in [5.74, 6) is 0.842. The van der Waals surface area contributed by atoms with E-state index in [9.17, 15) is 0 Å². The van der Waals surface area contributed by atoms with Gasteiger partial charge in [0, 0.05) is 11.5 Å². The number of nitrogens with one attached hydrogen (secondary N) is 1. The van der Waals surface area contributed by atoms with Gasteiger partial charge in [-0.3, -0.25) is 0 Å². The maximum Gasteiger partial charge on any atom is 0.0876 e. The van der Waals surface area contributed by atoms with Gasteiger partial charge in [0.05, 0.1) is 11.6 Å². The Bertz CT molecular complexity index is 421. The first kappa shape index (κ1) is 17.0. The Hall–Kier alpha value is -0.380. The molecule has 1 aromatic heterocycles. The average Bonchev–Trinajstić information content (AvgIpc) is 2.89. The first-order valence-corrected chi connectivity index (χ1v) is 9.42. The van der Waals surface area contributed by atoms with Crippen LogP contribution >= 0.6 is 11.3 Å². The Labute approximate surface area is 134 Å². The van der Waals surface area contributed by atoms with Crippen molar-refractivity contribution in [1.29, 1.82) is 0 Å². The van der Waals surface area contributed by atoms with Crippen molar-refractivity contribution in [1.82, 2.24) is 5.32 Å². The molecule has 1 N–H and O–H groups in total. The van der Waals surface area contributed by atoms with Gasteiger partial charge in [-0.05, 0) is 75.4 Å². The van der Waals surface area contributed by atoms with Gasteiger partial charge in [-0.1, -0.05) is 13.8 Å². The van der Waals surface area contributed by atoms with Crippen LogP contribution in [0.2, 0.25) is 0 Å². The second-order valence-electron chi connectivity index (χ2n) is 6.50. The maximum absolute atomic E-state index is 6.40. The second-order valence-corrected chi connectivity index (χ2v) is 7.62. The van der Waals surface area contributed by atoms with E-state index in [0.29, 0.717) is 6.04 Å². The lowest BCUT2D eigenvalue weighted by Crippen LogP contribution is -2.48. The van der Waals surface area contributed by atoms with Gasteiger partial charge in [0.25, 0.3) is 0 Å². The molecule has 1 heterocycles. The summed E-state index contributed by atoms with van der Waals surface area (Å²) in [5.41, 5.74) is 1.44. The van der Waals surface area contributed by atoms with Gasteiger partial charge in [0.1, 0.15) is 0 Å². The SMILES string of the molecule is CCCNC(c1ccsc1C)C1(OCC)CCC(C)CC1. The molecule has 3 heteroatoms. The maximum atomic E-state index is 6.40. The van der Waals surface area contributed by atoms with Crippen molar-refractivity contribution < 1.29 is 4.74 Å². The summed E-state index contributed by atoms with van der Waals surface area (Å²) in [5, 5.41) is 6.02. The predicted octanol–water partition coefficient (Wildman–Crippen LogP) is 5.08. The molecule has 0 aromatic carbocycles. The zero-order chi connectivity index (χ0) is 15.3. The Morgan fingerprint density at radius 1 is 1.38 bits per heavy atom. The summed E-state index contributed by atoms with van der Waals surface area (Å²) in [7, 11) is 0. The lowest BCUT2D eigenvalue weighted by Gasteiger charge is -2.45. The van der Waals surface area contributed by atoms with Crippen LogP contribution in [0.1, 0.15) is 69.4 Å². The Kier molecular flexibility index (Phi) is 6.27. The first-order valence-electron chi connectivity index (χ1n) is 8.54. The fraction of sp³-hybridized carbons (Fsp3) is 0.778. The van der Waals surface area contributed by atoms with E-state index in [0.717, 1.165) is 25.5 Å². The molecule has 0 spiro atoms. The molecule has 2 nitrogen and oxygen atoms in total. The minimum absolute atomic E-state index is 0.0116. The minimum atomic E-state index is -0.0116. The summed E-state index contributed by atoms with van der Waals surface area (Å²) in [6.07, 6.45) is 6.09. The summed E-state index contributed by atoms with van der Waals surface area (Å²) < 4.78 is 6.40. The van der Waals surface area contributed by atoms with Crippen LogP contribution in [0.25, 0.3) is 0 Å². The van der Waals surface area contributed by atoms with Gasteiger partial charge in [0.2, 0.25) is 0 Å². The minimum Gasteiger partial charge on any atom is -0.373 e. The van der Waals surface area contributed by atoms with Crippen molar-refractivity contribution in [2.24, 2.45) is 5.92 Å². The fourth-order valence-corrected chi connectivity index (χ4v) is 4.36. The fourth-order valence-electron chi connectivity index (χ4n) is 3.62. The molecular formula is C18H31NOS. The van der Waals surface area contributed by atoms with E-state index in [2.05, 4.69) is 44.5 Å². The highest BCUT2D eigenvalue weighted by atomic mass is 32.1. The molecule has 1 aliphatic rings. The highest BCUT2D eigenvalue weighted by Crippen LogP contribution is 2.44. The van der Waals surface area contributed by atoms with Gasteiger partial charge in [-0.2, -0.15) is 0 Å². The first-order chi connectivity index (χ1) is 10.1. The van der Waals surface area contributed by atoms with Gasteiger partial charge in [-0.25, -0.2) is 0 Å². The lowest BCUT2D eigenvalue weighted by atomic mass is 9.73. The zero-order valence-corrected chi connectivity index (χ0v) is 14.9.